The molecule has 21 heavy (non-hydrogen) atoms. The fourth-order valence-corrected chi connectivity index (χ4v) is 4.38. The van der Waals surface area contributed by atoms with Gasteiger partial charge in [-0.15, -0.1) is 0 Å². The van der Waals surface area contributed by atoms with Crippen LogP contribution in [-0.2, 0) is 0 Å². The van der Waals surface area contributed by atoms with E-state index >= 15 is 0 Å². The van der Waals surface area contributed by atoms with Gasteiger partial charge in [-0.2, -0.15) is 0 Å². The Bertz CT molecular complexity index is 722. The van der Waals surface area contributed by atoms with E-state index in [2.05, 4.69) is 61.5 Å². The molecule has 0 radical (unpaired) electrons. The summed E-state index contributed by atoms with van der Waals surface area (Å²) in [7, 11) is 0. The number of rotatable bonds is 4. The summed E-state index contributed by atoms with van der Waals surface area (Å²) in [6, 6.07) is 27.1. The standard InChI is InChI=1S/C19H16IO/c1-15-9-5-7-13-18(15)21-19-14-8-6-12-17(19)20-16-10-3-2-4-11-16/h2-14H,1H3/q+1. The first-order chi connectivity index (χ1) is 10.3. The Labute approximate surface area is 135 Å². The summed E-state index contributed by atoms with van der Waals surface area (Å²) >= 11 is -0.226. The Hall–Kier alpha value is -1.81. The van der Waals surface area contributed by atoms with Gasteiger partial charge in [-0.1, -0.05) is 48.5 Å². The van der Waals surface area contributed by atoms with Gasteiger partial charge in [-0.3, -0.25) is 0 Å². The molecule has 0 aromatic heterocycles. The molecule has 0 amide bonds. The molecule has 0 aliphatic heterocycles. The summed E-state index contributed by atoms with van der Waals surface area (Å²) in [6.45, 7) is 2.07. The maximum atomic E-state index is 6.14. The van der Waals surface area contributed by atoms with Gasteiger partial charge < -0.3 is 4.74 Å². The molecular formula is C19H16IO+. The summed E-state index contributed by atoms with van der Waals surface area (Å²) in [6.07, 6.45) is 0. The van der Waals surface area contributed by atoms with E-state index in [4.69, 9.17) is 4.74 Å². The molecule has 0 aliphatic carbocycles. The molecule has 0 fully saturated rings. The summed E-state index contributed by atoms with van der Waals surface area (Å²) in [5.41, 5.74) is 1.16. The van der Waals surface area contributed by atoms with Gasteiger partial charge >= 0.3 is 21.2 Å². The summed E-state index contributed by atoms with van der Waals surface area (Å²) < 4.78 is 8.85. The van der Waals surface area contributed by atoms with Crippen molar-refractivity contribution in [2.45, 2.75) is 6.92 Å². The van der Waals surface area contributed by atoms with Crippen molar-refractivity contribution in [2.75, 3.05) is 0 Å². The average Bonchev–Trinajstić information content (AvgIpc) is 2.52. The predicted octanol–water partition coefficient (Wildman–Crippen LogP) is 1.92. The fourth-order valence-electron chi connectivity index (χ4n) is 1.99. The first-order valence-corrected chi connectivity index (χ1v) is 9.01. The van der Waals surface area contributed by atoms with Crippen LogP contribution in [0.1, 0.15) is 5.56 Å². The second-order valence-corrected chi connectivity index (χ2v) is 7.64. The molecule has 0 unspecified atom stereocenters. The Morgan fingerprint density at radius 3 is 2.05 bits per heavy atom. The van der Waals surface area contributed by atoms with Gasteiger partial charge in [0.05, 0.1) is 0 Å². The number of benzene rings is 3. The van der Waals surface area contributed by atoms with Gasteiger partial charge in [-0.25, -0.2) is 0 Å². The molecule has 0 atom stereocenters. The van der Waals surface area contributed by atoms with Crippen LogP contribution in [0.5, 0.6) is 11.5 Å². The van der Waals surface area contributed by atoms with Crippen LogP contribution >= 0.6 is 0 Å². The quantitative estimate of drug-likeness (QED) is 0.622. The van der Waals surface area contributed by atoms with Crippen LogP contribution in [0.25, 0.3) is 0 Å². The Morgan fingerprint density at radius 1 is 0.667 bits per heavy atom. The minimum atomic E-state index is -0.226. The third-order valence-electron chi connectivity index (χ3n) is 3.09. The number of para-hydroxylation sites is 2. The van der Waals surface area contributed by atoms with Gasteiger partial charge in [0.25, 0.3) is 0 Å². The zero-order valence-electron chi connectivity index (χ0n) is 11.8. The lowest BCUT2D eigenvalue weighted by Gasteiger charge is -2.07. The molecule has 0 spiro atoms. The van der Waals surface area contributed by atoms with Crippen molar-refractivity contribution in [3.63, 3.8) is 0 Å². The van der Waals surface area contributed by atoms with Crippen LogP contribution in [0, 0.1) is 14.1 Å². The zero-order valence-corrected chi connectivity index (χ0v) is 13.9. The maximum Gasteiger partial charge on any atom is 0.362 e. The first kappa shape index (κ1) is 14.1. The van der Waals surface area contributed by atoms with Gasteiger partial charge in [0.2, 0.25) is 3.57 Å². The maximum absolute atomic E-state index is 6.14. The Balaban J connectivity index is 1.88. The van der Waals surface area contributed by atoms with Gasteiger partial charge in [-0.05, 0) is 42.8 Å². The molecule has 2 heteroatoms. The highest BCUT2D eigenvalue weighted by Crippen LogP contribution is 2.24. The van der Waals surface area contributed by atoms with Crippen LogP contribution < -0.4 is 25.9 Å². The molecule has 0 saturated carbocycles. The molecule has 0 aliphatic rings. The first-order valence-electron chi connectivity index (χ1n) is 6.85. The molecule has 104 valence electrons. The van der Waals surface area contributed by atoms with Crippen molar-refractivity contribution >= 4 is 0 Å². The van der Waals surface area contributed by atoms with Gasteiger partial charge in [0, 0.05) is 0 Å². The van der Waals surface area contributed by atoms with E-state index in [1.54, 1.807) is 0 Å². The molecule has 1 nitrogen and oxygen atoms in total. The molecular weight excluding hydrogens is 371 g/mol. The van der Waals surface area contributed by atoms with Crippen LogP contribution in [-0.4, -0.2) is 0 Å². The molecule has 0 N–H and O–H groups in total. The summed E-state index contributed by atoms with van der Waals surface area (Å²) in [4.78, 5) is 0. The highest BCUT2D eigenvalue weighted by Gasteiger charge is 2.21. The van der Waals surface area contributed by atoms with E-state index < -0.39 is 0 Å². The molecule has 0 bridgehead atoms. The van der Waals surface area contributed by atoms with Gasteiger partial charge in [0.1, 0.15) is 5.75 Å². The largest absolute Gasteiger partial charge is 0.452 e. The van der Waals surface area contributed by atoms with E-state index in [-0.39, 0.29) is 21.2 Å². The summed E-state index contributed by atoms with van der Waals surface area (Å²) in [5, 5.41) is 0. The number of ether oxygens (including phenoxy) is 1. The highest BCUT2D eigenvalue weighted by molar-refractivity contribution is 5.36. The topological polar surface area (TPSA) is 9.23 Å². The van der Waals surface area contributed by atoms with E-state index in [0.29, 0.717) is 0 Å². The third-order valence-corrected chi connectivity index (χ3v) is 5.91. The van der Waals surface area contributed by atoms with Crippen molar-refractivity contribution in [1.82, 2.24) is 0 Å². The number of aryl methyl sites for hydroxylation is 1. The summed E-state index contributed by atoms with van der Waals surface area (Å²) in [5.74, 6) is 1.91. The van der Waals surface area contributed by atoms with Crippen LogP contribution in [0.2, 0.25) is 0 Å². The minimum absolute atomic E-state index is 0.226. The van der Waals surface area contributed by atoms with E-state index in [1.807, 2.05) is 24.3 Å². The number of halogens is 1. The van der Waals surface area contributed by atoms with Crippen LogP contribution in [0.4, 0.5) is 0 Å². The second kappa shape index (κ2) is 6.76. The van der Waals surface area contributed by atoms with Gasteiger partial charge in [0.15, 0.2) is 9.32 Å². The molecule has 3 aromatic carbocycles. The second-order valence-electron chi connectivity index (χ2n) is 4.69. The SMILES string of the molecule is Cc1ccccc1Oc1ccccc1[I+]c1ccccc1. The third kappa shape index (κ3) is 3.64. The molecule has 0 saturated heterocycles. The number of hydrogen-bond donors (Lipinski definition) is 0. The van der Waals surface area contributed by atoms with Crippen molar-refractivity contribution in [3.05, 3.63) is 91.6 Å². The zero-order chi connectivity index (χ0) is 14.5. The lowest BCUT2D eigenvalue weighted by molar-refractivity contribution is -0.598. The number of hydrogen-bond acceptors (Lipinski definition) is 1. The lowest BCUT2D eigenvalue weighted by Crippen LogP contribution is -3.61. The van der Waals surface area contributed by atoms with E-state index in [0.717, 1.165) is 17.1 Å². The minimum Gasteiger partial charge on any atom is -0.452 e. The molecule has 3 rings (SSSR count). The van der Waals surface area contributed by atoms with Crippen molar-refractivity contribution in [3.8, 4) is 11.5 Å². The highest BCUT2D eigenvalue weighted by atomic mass is 127. The van der Waals surface area contributed by atoms with Crippen LogP contribution in [0.3, 0.4) is 0 Å². The Morgan fingerprint density at radius 2 is 1.29 bits per heavy atom. The van der Waals surface area contributed by atoms with E-state index in [1.165, 1.54) is 7.14 Å². The van der Waals surface area contributed by atoms with Crippen molar-refractivity contribution in [1.29, 1.82) is 0 Å². The lowest BCUT2D eigenvalue weighted by atomic mass is 10.2. The Kier molecular flexibility index (Phi) is 4.55. The smallest absolute Gasteiger partial charge is 0.362 e. The van der Waals surface area contributed by atoms with Crippen molar-refractivity contribution in [2.24, 2.45) is 0 Å². The normalized spacial score (nSPS) is 10.3. The predicted molar refractivity (Wildman–Crippen MR) is 81.5 cm³/mol. The fraction of sp³-hybridized carbons (Fsp3) is 0.0526. The van der Waals surface area contributed by atoms with Crippen LogP contribution in [0.15, 0.2) is 78.9 Å². The molecule has 0 heterocycles. The van der Waals surface area contributed by atoms with E-state index in [9.17, 15) is 0 Å². The molecule has 3 aromatic rings. The average molecular weight is 387 g/mol. The monoisotopic (exact) mass is 387 g/mol. The van der Waals surface area contributed by atoms with Crippen molar-refractivity contribution < 1.29 is 25.9 Å².